The number of ether oxygens (including phenoxy) is 1. The molecule has 4 aromatic rings. The quantitative estimate of drug-likeness (QED) is 0.437. The molecule has 6 heteroatoms. The maximum absolute atomic E-state index is 12.8. The van der Waals surface area contributed by atoms with Crippen molar-refractivity contribution in [3.63, 3.8) is 0 Å². The van der Waals surface area contributed by atoms with Crippen LogP contribution in [0.25, 0.3) is 10.6 Å². The molecule has 0 fully saturated rings. The van der Waals surface area contributed by atoms with E-state index in [1.807, 2.05) is 60.0 Å². The van der Waals surface area contributed by atoms with Crippen LogP contribution in [0.3, 0.4) is 0 Å². The molecule has 1 amide bonds. The number of aromatic nitrogens is 1. The average molecular weight is 426 g/mol. The zero-order valence-corrected chi connectivity index (χ0v) is 17.3. The Bertz CT molecular complexity index is 1240. The lowest BCUT2D eigenvalue weighted by Crippen LogP contribution is -2.23. The van der Waals surface area contributed by atoms with Gasteiger partial charge < -0.3 is 10.1 Å². The second-order valence-corrected chi connectivity index (χ2v) is 8.14. The topological polar surface area (TPSA) is 68.3 Å². The van der Waals surface area contributed by atoms with Crippen molar-refractivity contribution in [1.82, 2.24) is 4.98 Å². The van der Waals surface area contributed by atoms with Crippen LogP contribution in [-0.4, -0.2) is 16.9 Å². The highest BCUT2D eigenvalue weighted by atomic mass is 32.1. The van der Waals surface area contributed by atoms with Gasteiger partial charge in [0.15, 0.2) is 0 Å². The lowest BCUT2D eigenvalue weighted by Gasteiger charge is -2.25. The predicted octanol–water partition coefficient (Wildman–Crippen LogP) is 5.52. The molecular formula is C25H18N2O3S. The highest BCUT2D eigenvalue weighted by molar-refractivity contribution is 7.13. The number of carbonyl (C=O) groups is 2. The molecule has 0 radical (unpaired) electrons. The van der Waals surface area contributed by atoms with Gasteiger partial charge in [0, 0.05) is 34.8 Å². The monoisotopic (exact) mass is 426 g/mol. The van der Waals surface area contributed by atoms with Crippen LogP contribution in [0.5, 0.6) is 0 Å². The Hall–Kier alpha value is -3.77. The molecule has 0 unspecified atom stereocenters. The molecule has 5 nitrogen and oxygen atoms in total. The normalized spacial score (nSPS) is 15.1. The van der Waals surface area contributed by atoms with Gasteiger partial charge in [-0.3, -0.25) is 4.79 Å². The molecule has 3 aromatic carbocycles. The van der Waals surface area contributed by atoms with Crippen LogP contribution in [0, 0.1) is 0 Å². The van der Waals surface area contributed by atoms with Crippen molar-refractivity contribution in [2.24, 2.45) is 0 Å². The zero-order valence-electron chi connectivity index (χ0n) is 16.4. The van der Waals surface area contributed by atoms with Gasteiger partial charge in [-0.05, 0) is 53.6 Å². The summed E-state index contributed by atoms with van der Waals surface area (Å²) in [5.41, 5.74) is 4.48. The van der Waals surface area contributed by atoms with E-state index in [9.17, 15) is 9.59 Å². The average Bonchev–Trinajstić information content (AvgIpc) is 3.35. The Morgan fingerprint density at radius 2 is 1.84 bits per heavy atom. The van der Waals surface area contributed by atoms with Crippen molar-refractivity contribution >= 4 is 28.9 Å². The van der Waals surface area contributed by atoms with E-state index in [1.54, 1.807) is 35.7 Å². The second-order valence-electron chi connectivity index (χ2n) is 7.25. The first-order valence-electron chi connectivity index (χ1n) is 9.87. The fraction of sp³-hybridized carbons (Fsp3) is 0.0800. The Kier molecular flexibility index (Phi) is 5.06. The number of cyclic esters (lactones) is 1. The number of nitrogens with zero attached hydrogens (tertiary/aromatic N) is 1. The van der Waals surface area contributed by atoms with Crippen molar-refractivity contribution in [1.29, 1.82) is 0 Å². The lowest BCUT2D eigenvalue weighted by atomic mass is 9.93. The van der Waals surface area contributed by atoms with E-state index in [4.69, 9.17) is 4.74 Å². The molecule has 0 spiro atoms. The summed E-state index contributed by atoms with van der Waals surface area (Å²) in [4.78, 5) is 29.5. The molecule has 0 saturated carbocycles. The molecule has 1 aliphatic rings. The smallest absolute Gasteiger partial charge is 0.339 e. The number of fused-ring (bicyclic) bond motifs is 1. The Balaban J connectivity index is 1.34. The first-order chi connectivity index (χ1) is 15.2. The van der Waals surface area contributed by atoms with Crippen LogP contribution < -0.4 is 5.32 Å². The first kappa shape index (κ1) is 19.2. The van der Waals surface area contributed by atoms with E-state index >= 15 is 0 Å². The van der Waals surface area contributed by atoms with E-state index in [-0.39, 0.29) is 18.0 Å². The van der Waals surface area contributed by atoms with E-state index in [1.165, 1.54) is 0 Å². The van der Waals surface area contributed by atoms with Crippen molar-refractivity contribution in [3.05, 3.63) is 107 Å². The largest absolute Gasteiger partial charge is 0.454 e. The molecule has 1 N–H and O–H groups in total. The van der Waals surface area contributed by atoms with Gasteiger partial charge in [-0.1, -0.05) is 30.3 Å². The third-order valence-corrected chi connectivity index (χ3v) is 6.06. The summed E-state index contributed by atoms with van der Waals surface area (Å²) in [6.07, 6.45) is 1.96. The Labute approximate surface area is 183 Å². The molecule has 0 aliphatic carbocycles. The number of amides is 1. The summed E-state index contributed by atoms with van der Waals surface area (Å²) in [6.45, 7) is 0. The minimum Gasteiger partial charge on any atom is -0.454 e. The number of hydrogen-bond donors (Lipinski definition) is 1. The van der Waals surface area contributed by atoms with Crippen molar-refractivity contribution in [3.8, 4) is 10.6 Å². The van der Waals surface area contributed by atoms with E-state index in [0.717, 1.165) is 21.7 Å². The number of anilines is 1. The minimum absolute atomic E-state index is 0.222. The van der Waals surface area contributed by atoms with Crippen LogP contribution in [0.2, 0.25) is 0 Å². The van der Waals surface area contributed by atoms with Gasteiger partial charge in [0.05, 0.1) is 5.56 Å². The van der Waals surface area contributed by atoms with Crippen molar-refractivity contribution in [2.75, 3.05) is 5.32 Å². The van der Waals surface area contributed by atoms with Crippen LogP contribution in [0.15, 0.2) is 84.4 Å². The molecule has 2 heterocycles. The summed E-state index contributed by atoms with van der Waals surface area (Å²) in [5, 5.41) is 5.79. The number of esters is 1. The van der Waals surface area contributed by atoms with Gasteiger partial charge in [0.25, 0.3) is 5.91 Å². The zero-order chi connectivity index (χ0) is 21.2. The number of nitrogens with one attached hydrogen (secondary N) is 1. The van der Waals surface area contributed by atoms with Gasteiger partial charge in [-0.25, -0.2) is 9.78 Å². The Morgan fingerprint density at radius 1 is 1.03 bits per heavy atom. The molecule has 31 heavy (non-hydrogen) atoms. The number of benzene rings is 3. The maximum atomic E-state index is 12.8. The SMILES string of the molecule is O=C(Nc1ccc(-c2nccs2)cc1)c1ccc2c(c1)C[C@@H](c1ccccc1)OC2=O. The van der Waals surface area contributed by atoms with Crippen LogP contribution in [0.1, 0.15) is 37.9 Å². The maximum Gasteiger partial charge on any atom is 0.339 e. The van der Waals surface area contributed by atoms with Crippen LogP contribution in [-0.2, 0) is 11.2 Å². The lowest BCUT2D eigenvalue weighted by molar-refractivity contribution is 0.0252. The molecule has 1 aliphatic heterocycles. The summed E-state index contributed by atoms with van der Waals surface area (Å²) in [7, 11) is 0. The van der Waals surface area contributed by atoms with E-state index in [2.05, 4.69) is 10.3 Å². The van der Waals surface area contributed by atoms with E-state index < -0.39 is 0 Å². The number of rotatable bonds is 4. The van der Waals surface area contributed by atoms with Crippen LogP contribution >= 0.6 is 11.3 Å². The van der Waals surface area contributed by atoms with Gasteiger partial charge in [0.2, 0.25) is 0 Å². The summed E-state index contributed by atoms with van der Waals surface area (Å²) < 4.78 is 5.59. The third kappa shape index (κ3) is 3.98. The molecule has 1 aromatic heterocycles. The first-order valence-corrected chi connectivity index (χ1v) is 10.8. The van der Waals surface area contributed by atoms with Crippen molar-refractivity contribution < 1.29 is 14.3 Å². The standard InChI is InChI=1S/C25H18N2O3S/c28-23(27-20-9-6-17(7-10-20)24-26-12-13-31-24)18-8-11-21-19(14-18)15-22(30-25(21)29)16-4-2-1-3-5-16/h1-14,22H,15H2,(H,27,28)/t22-/m0/s1. The van der Waals surface area contributed by atoms with Crippen molar-refractivity contribution in [2.45, 2.75) is 12.5 Å². The number of carbonyl (C=O) groups excluding carboxylic acids is 2. The summed E-state index contributed by atoms with van der Waals surface area (Å²) in [5.74, 6) is -0.583. The van der Waals surface area contributed by atoms with Crippen LogP contribution in [0.4, 0.5) is 5.69 Å². The van der Waals surface area contributed by atoms with E-state index in [0.29, 0.717) is 23.2 Å². The molecule has 5 rings (SSSR count). The summed E-state index contributed by atoms with van der Waals surface area (Å²) in [6, 6.07) is 22.3. The number of thiazole rings is 1. The summed E-state index contributed by atoms with van der Waals surface area (Å²) >= 11 is 1.57. The van der Waals surface area contributed by atoms with Gasteiger partial charge in [-0.15, -0.1) is 11.3 Å². The highest BCUT2D eigenvalue weighted by Crippen LogP contribution is 2.31. The van der Waals surface area contributed by atoms with Gasteiger partial charge in [0.1, 0.15) is 11.1 Å². The molecule has 0 bridgehead atoms. The molecule has 1 atom stereocenters. The minimum atomic E-state index is -0.361. The molecular weight excluding hydrogens is 408 g/mol. The molecule has 152 valence electrons. The second kappa shape index (κ2) is 8.16. The Morgan fingerprint density at radius 3 is 2.58 bits per heavy atom. The molecule has 0 saturated heterocycles. The highest BCUT2D eigenvalue weighted by Gasteiger charge is 2.28. The third-order valence-electron chi connectivity index (χ3n) is 5.24. The van der Waals surface area contributed by atoms with Gasteiger partial charge >= 0.3 is 5.97 Å². The fourth-order valence-electron chi connectivity index (χ4n) is 3.66. The predicted molar refractivity (Wildman–Crippen MR) is 120 cm³/mol. The van der Waals surface area contributed by atoms with Gasteiger partial charge in [-0.2, -0.15) is 0 Å². The number of hydrogen-bond acceptors (Lipinski definition) is 5. The fourth-order valence-corrected chi connectivity index (χ4v) is 4.30.